The van der Waals surface area contributed by atoms with Crippen molar-refractivity contribution >= 4 is 29.2 Å². The SMILES string of the molecule is Cl.O=C(Cn1ncc2ccccc21)N1CCNCC1c1cccnc1. The van der Waals surface area contributed by atoms with Gasteiger partial charge in [-0.05, 0) is 17.7 Å². The maximum Gasteiger partial charge on any atom is 0.244 e. The minimum Gasteiger partial charge on any atom is -0.331 e. The van der Waals surface area contributed by atoms with Gasteiger partial charge in [0.1, 0.15) is 6.54 Å². The molecule has 0 spiro atoms. The zero-order chi connectivity index (χ0) is 16.4. The van der Waals surface area contributed by atoms with Gasteiger partial charge in [-0.25, -0.2) is 0 Å². The number of aromatic nitrogens is 3. The highest BCUT2D eigenvalue weighted by molar-refractivity contribution is 5.85. The van der Waals surface area contributed by atoms with Crippen molar-refractivity contribution in [3.05, 3.63) is 60.6 Å². The monoisotopic (exact) mass is 357 g/mol. The molecule has 3 heterocycles. The molecule has 0 bridgehead atoms. The van der Waals surface area contributed by atoms with Crippen LogP contribution in [0.5, 0.6) is 0 Å². The first-order valence-electron chi connectivity index (χ1n) is 8.13. The van der Waals surface area contributed by atoms with Gasteiger partial charge in [0.2, 0.25) is 5.91 Å². The van der Waals surface area contributed by atoms with Gasteiger partial charge in [-0.3, -0.25) is 14.5 Å². The van der Waals surface area contributed by atoms with Crippen LogP contribution in [0.3, 0.4) is 0 Å². The van der Waals surface area contributed by atoms with Crippen molar-refractivity contribution in [1.82, 2.24) is 25.0 Å². The van der Waals surface area contributed by atoms with E-state index in [1.54, 1.807) is 17.1 Å². The zero-order valence-corrected chi connectivity index (χ0v) is 14.5. The molecule has 1 saturated heterocycles. The number of amides is 1. The number of nitrogens with zero attached hydrogens (tertiary/aromatic N) is 4. The topological polar surface area (TPSA) is 63.1 Å². The predicted molar refractivity (Wildman–Crippen MR) is 98.5 cm³/mol. The van der Waals surface area contributed by atoms with Gasteiger partial charge >= 0.3 is 0 Å². The molecule has 1 aromatic carbocycles. The van der Waals surface area contributed by atoms with Crippen LogP contribution in [0.1, 0.15) is 11.6 Å². The molecular formula is C18H20ClN5O. The molecule has 3 aromatic rings. The Morgan fingerprint density at radius 3 is 2.92 bits per heavy atom. The molecule has 1 fully saturated rings. The third kappa shape index (κ3) is 3.50. The van der Waals surface area contributed by atoms with E-state index >= 15 is 0 Å². The van der Waals surface area contributed by atoms with Crippen LogP contribution < -0.4 is 5.32 Å². The van der Waals surface area contributed by atoms with Crippen LogP contribution in [0.15, 0.2) is 55.0 Å². The molecule has 6 nitrogen and oxygen atoms in total. The molecule has 0 aliphatic carbocycles. The second-order valence-corrected chi connectivity index (χ2v) is 5.95. The normalized spacial score (nSPS) is 17.3. The number of carbonyl (C=O) groups excluding carboxylic acids is 1. The van der Waals surface area contributed by atoms with E-state index in [4.69, 9.17) is 0 Å². The predicted octanol–water partition coefficient (Wildman–Crippen LogP) is 2.03. The highest BCUT2D eigenvalue weighted by Gasteiger charge is 2.28. The Bertz CT molecular complexity index is 851. The highest BCUT2D eigenvalue weighted by Crippen LogP contribution is 2.22. The molecule has 1 atom stereocenters. The molecule has 1 aliphatic rings. The second kappa shape index (κ2) is 7.63. The largest absolute Gasteiger partial charge is 0.331 e. The number of nitrogens with one attached hydrogen (secondary N) is 1. The number of para-hydroxylation sites is 1. The smallest absolute Gasteiger partial charge is 0.244 e. The lowest BCUT2D eigenvalue weighted by molar-refractivity contribution is -0.135. The standard InChI is InChI=1S/C18H19N5O.ClH/c24-18(13-23-16-6-2-1-4-15(16)11-21-23)22-9-8-20-12-17(22)14-5-3-7-19-10-14;/h1-7,10-11,17,20H,8-9,12-13H2;1H. The number of pyridine rings is 1. The molecule has 1 aliphatic heterocycles. The van der Waals surface area contributed by atoms with E-state index in [0.29, 0.717) is 6.54 Å². The molecule has 0 saturated carbocycles. The first kappa shape index (κ1) is 17.4. The summed E-state index contributed by atoms with van der Waals surface area (Å²) < 4.78 is 1.78. The van der Waals surface area contributed by atoms with Crippen LogP contribution in [-0.4, -0.2) is 45.2 Å². The van der Waals surface area contributed by atoms with Crippen molar-refractivity contribution in [2.24, 2.45) is 0 Å². The fourth-order valence-corrected chi connectivity index (χ4v) is 3.24. The number of carbonyl (C=O) groups is 1. The summed E-state index contributed by atoms with van der Waals surface area (Å²) in [5.74, 6) is 0.0826. The Morgan fingerprint density at radius 2 is 2.08 bits per heavy atom. The molecule has 1 amide bonds. The molecule has 2 aromatic heterocycles. The quantitative estimate of drug-likeness (QED) is 0.779. The number of hydrogen-bond acceptors (Lipinski definition) is 4. The van der Waals surface area contributed by atoms with Gasteiger partial charge in [-0.15, -0.1) is 12.4 Å². The van der Waals surface area contributed by atoms with Crippen LogP contribution in [-0.2, 0) is 11.3 Å². The fourth-order valence-electron chi connectivity index (χ4n) is 3.24. The minimum absolute atomic E-state index is 0. The number of halogens is 1. The Labute approximate surface area is 152 Å². The average Bonchev–Trinajstić information content (AvgIpc) is 3.05. The van der Waals surface area contributed by atoms with Crippen LogP contribution in [0.4, 0.5) is 0 Å². The van der Waals surface area contributed by atoms with Crippen LogP contribution >= 0.6 is 12.4 Å². The molecule has 7 heteroatoms. The molecule has 25 heavy (non-hydrogen) atoms. The minimum atomic E-state index is 0. The van der Waals surface area contributed by atoms with Crippen LogP contribution in [0, 0.1) is 0 Å². The van der Waals surface area contributed by atoms with E-state index in [-0.39, 0.29) is 30.9 Å². The zero-order valence-electron chi connectivity index (χ0n) is 13.7. The summed E-state index contributed by atoms with van der Waals surface area (Å²) in [7, 11) is 0. The van der Waals surface area contributed by atoms with Gasteiger partial charge < -0.3 is 10.2 Å². The second-order valence-electron chi connectivity index (χ2n) is 5.95. The molecule has 1 N–H and O–H groups in total. The Morgan fingerprint density at radius 1 is 1.20 bits per heavy atom. The van der Waals surface area contributed by atoms with Crippen LogP contribution in [0.25, 0.3) is 10.9 Å². The maximum absolute atomic E-state index is 12.9. The number of benzene rings is 1. The Hall–Kier alpha value is -2.44. The van der Waals surface area contributed by atoms with Gasteiger partial charge in [-0.2, -0.15) is 5.10 Å². The molecule has 0 radical (unpaired) electrons. The third-order valence-corrected chi connectivity index (χ3v) is 4.47. The van der Waals surface area contributed by atoms with E-state index in [1.807, 2.05) is 47.5 Å². The number of rotatable bonds is 3. The van der Waals surface area contributed by atoms with Crippen molar-refractivity contribution in [3.8, 4) is 0 Å². The Balaban J connectivity index is 0.00000182. The summed E-state index contributed by atoms with van der Waals surface area (Å²) in [6.45, 7) is 2.50. The third-order valence-electron chi connectivity index (χ3n) is 4.47. The van der Waals surface area contributed by atoms with Crippen LogP contribution in [0.2, 0.25) is 0 Å². The highest BCUT2D eigenvalue weighted by atomic mass is 35.5. The number of piperazine rings is 1. The summed E-state index contributed by atoms with van der Waals surface area (Å²) in [6.07, 6.45) is 5.39. The first-order chi connectivity index (χ1) is 11.8. The van der Waals surface area contributed by atoms with E-state index in [2.05, 4.69) is 15.4 Å². The summed E-state index contributed by atoms with van der Waals surface area (Å²) in [5.41, 5.74) is 2.04. The summed E-state index contributed by atoms with van der Waals surface area (Å²) in [6, 6.07) is 11.9. The maximum atomic E-state index is 12.9. The molecular weight excluding hydrogens is 338 g/mol. The van der Waals surface area contributed by atoms with Crippen molar-refractivity contribution in [1.29, 1.82) is 0 Å². The van der Waals surface area contributed by atoms with Crippen molar-refractivity contribution in [2.45, 2.75) is 12.6 Å². The number of fused-ring (bicyclic) bond motifs is 1. The lowest BCUT2D eigenvalue weighted by Crippen LogP contribution is -2.49. The lowest BCUT2D eigenvalue weighted by Gasteiger charge is -2.36. The molecule has 130 valence electrons. The van der Waals surface area contributed by atoms with Crippen molar-refractivity contribution in [2.75, 3.05) is 19.6 Å². The molecule has 4 rings (SSSR count). The lowest BCUT2D eigenvalue weighted by atomic mass is 10.1. The van der Waals surface area contributed by atoms with Crippen molar-refractivity contribution < 1.29 is 4.79 Å². The van der Waals surface area contributed by atoms with Gasteiger partial charge in [0.15, 0.2) is 0 Å². The van der Waals surface area contributed by atoms with E-state index in [0.717, 1.165) is 29.6 Å². The Kier molecular flexibility index (Phi) is 5.31. The van der Waals surface area contributed by atoms with Gasteiger partial charge in [0, 0.05) is 37.4 Å². The number of hydrogen-bond donors (Lipinski definition) is 1. The average molecular weight is 358 g/mol. The summed E-state index contributed by atoms with van der Waals surface area (Å²) in [5, 5.41) is 8.78. The van der Waals surface area contributed by atoms with E-state index in [1.165, 1.54) is 0 Å². The summed E-state index contributed by atoms with van der Waals surface area (Å²) >= 11 is 0. The van der Waals surface area contributed by atoms with Gasteiger partial charge in [-0.1, -0.05) is 24.3 Å². The van der Waals surface area contributed by atoms with Crippen molar-refractivity contribution in [3.63, 3.8) is 0 Å². The molecule has 1 unspecified atom stereocenters. The summed E-state index contributed by atoms with van der Waals surface area (Å²) in [4.78, 5) is 19.0. The fraction of sp³-hybridized carbons (Fsp3) is 0.278. The first-order valence-corrected chi connectivity index (χ1v) is 8.13. The van der Waals surface area contributed by atoms with Gasteiger partial charge in [0.05, 0.1) is 17.8 Å². The van der Waals surface area contributed by atoms with E-state index < -0.39 is 0 Å². The van der Waals surface area contributed by atoms with E-state index in [9.17, 15) is 4.79 Å². The van der Waals surface area contributed by atoms with Gasteiger partial charge in [0.25, 0.3) is 0 Å².